The first kappa shape index (κ1) is 18.1. The minimum absolute atomic E-state index is 0.00411. The van der Waals surface area contributed by atoms with Crippen molar-refractivity contribution in [2.45, 2.75) is 52.1 Å². The Morgan fingerprint density at radius 3 is 2.88 bits per heavy atom. The van der Waals surface area contributed by atoms with Crippen LogP contribution in [0.25, 0.3) is 0 Å². The lowest BCUT2D eigenvalue weighted by atomic mass is 10.1. The summed E-state index contributed by atoms with van der Waals surface area (Å²) in [4.78, 5) is 20.8. The number of hydrogen-bond donors (Lipinski definition) is 1. The zero-order valence-electron chi connectivity index (χ0n) is 15.1. The minimum Gasteiger partial charge on any atom is -0.354 e. The zero-order chi connectivity index (χ0) is 17.6. The molecule has 0 spiro atoms. The van der Waals surface area contributed by atoms with Crippen molar-refractivity contribution in [1.82, 2.24) is 15.2 Å². The molecule has 0 unspecified atom stereocenters. The molecule has 1 N–H and O–H groups in total. The first-order valence-corrected chi connectivity index (χ1v) is 10.00. The summed E-state index contributed by atoms with van der Waals surface area (Å²) in [6.07, 6.45) is 3.85. The summed E-state index contributed by atoms with van der Waals surface area (Å²) >= 11 is 1.75. The van der Waals surface area contributed by atoms with Crippen molar-refractivity contribution in [2.75, 3.05) is 13.1 Å². The van der Waals surface area contributed by atoms with Gasteiger partial charge in [-0.05, 0) is 38.3 Å². The maximum absolute atomic E-state index is 12.6. The predicted octanol–water partition coefficient (Wildman–Crippen LogP) is 3.34. The second-order valence-corrected chi connectivity index (χ2v) is 7.91. The van der Waals surface area contributed by atoms with Crippen LogP contribution in [0.3, 0.4) is 0 Å². The first-order chi connectivity index (χ1) is 12.2. The molecule has 2 heterocycles. The van der Waals surface area contributed by atoms with Crippen molar-refractivity contribution < 1.29 is 4.79 Å². The van der Waals surface area contributed by atoms with E-state index in [0.29, 0.717) is 6.54 Å². The van der Waals surface area contributed by atoms with E-state index >= 15 is 0 Å². The lowest BCUT2D eigenvalue weighted by Crippen LogP contribution is -2.43. The normalized spacial score (nSPS) is 17.8. The van der Waals surface area contributed by atoms with Crippen LogP contribution >= 0.6 is 11.3 Å². The molecule has 1 aromatic heterocycles. The molecule has 4 nitrogen and oxygen atoms in total. The fraction of sp³-hybridized carbons (Fsp3) is 0.500. The number of carbonyl (C=O) groups excluding carboxylic acids is 1. The van der Waals surface area contributed by atoms with E-state index in [0.717, 1.165) is 43.8 Å². The number of nitrogens with one attached hydrogen (secondary N) is 1. The number of rotatable bonds is 7. The van der Waals surface area contributed by atoms with Gasteiger partial charge in [-0.1, -0.05) is 37.3 Å². The van der Waals surface area contributed by atoms with Gasteiger partial charge in [0, 0.05) is 24.4 Å². The van der Waals surface area contributed by atoms with Crippen molar-refractivity contribution in [1.29, 1.82) is 0 Å². The molecule has 1 aromatic carbocycles. The molecule has 0 aliphatic carbocycles. The quantitative estimate of drug-likeness (QED) is 0.827. The van der Waals surface area contributed by atoms with Gasteiger partial charge >= 0.3 is 0 Å². The molecule has 0 bridgehead atoms. The Hall–Kier alpha value is -1.72. The second-order valence-electron chi connectivity index (χ2n) is 6.62. The monoisotopic (exact) mass is 357 g/mol. The van der Waals surface area contributed by atoms with Crippen molar-refractivity contribution >= 4 is 17.2 Å². The van der Waals surface area contributed by atoms with Crippen LogP contribution in [0.5, 0.6) is 0 Å². The maximum Gasteiger partial charge on any atom is 0.237 e. The Kier molecular flexibility index (Phi) is 6.21. The molecule has 5 heteroatoms. The fourth-order valence-electron chi connectivity index (χ4n) is 3.46. The van der Waals surface area contributed by atoms with Crippen molar-refractivity contribution in [3.8, 4) is 0 Å². The molecule has 2 aromatic rings. The first-order valence-electron chi connectivity index (χ1n) is 9.18. The summed E-state index contributed by atoms with van der Waals surface area (Å²) in [7, 11) is 0. The Morgan fingerprint density at radius 1 is 1.36 bits per heavy atom. The van der Waals surface area contributed by atoms with E-state index in [4.69, 9.17) is 0 Å². The molecule has 1 atom stereocenters. The summed E-state index contributed by atoms with van der Waals surface area (Å²) in [6.45, 7) is 6.78. The van der Waals surface area contributed by atoms with Crippen LogP contribution in [0.1, 0.15) is 40.9 Å². The summed E-state index contributed by atoms with van der Waals surface area (Å²) in [6, 6.07) is 10.4. The Morgan fingerprint density at radius 2 is 2.16 bits per heavy atom. The fourth-order valence-corrected chi connectivity index (χ4v) is 4.48. The number of hydrogen-bond acceptors (Lipinski definition) is 4. The van der Waals surface area contributed by atoms with Gasteiger partial charge in [-0.3, -0.25) is 9.69 Å². The maximum atomic E-state index is 12.6. The highest BCUT2D eigenvalue weighted by Crippen LogP contribution is 2.21. The van der Waals surface area contributed by atoms with Crippen LogP contribution in [0.4, 0.5) is 0 Å². The van der Waals surface area contributed by atoms with Gasteiger partial charge in [-0.2, -0.15) is 0 Å². The summed E-state index contributed by atoms with van der Waals surface area (Å²) in [5.41, 5.74) is 2.46. The van der Waals surface area contributed by atoms with Gasteiger partial charge in [0.15, 0.2) is 0 Å². The number of amides is 1. The van der Waals surface area contributed by atoms with E-state index in [2.05, 4.69) is 53.3 Å². The number of benzene rings is 1. The lowest BCUT2D eigenvalue weighted by Gasteiger charge is -2.23. The van der Waals surface area contributed by atoms with E-state index in [1.807, 2.05) is 6.07 Å². The predicted molar refractivity (Wildman–Crippen MR) is 103 cm³/mol. The molecule has 1 saturated heterocycles. The van der Waals surface area contributed by atoms with Crippen LogP contribution in [0.15, 0.2) is 30.3 Å². The molecule has 25 heavy (non-hydrogen) atoms. The average molecular weight is 358 g/mol. The largest absolute Gasteiger partial charge is 0.354 e. The number of aromatic nitrogens is 1. The number of thiazole rings is 1. The smallest absolute Gasteiger partial charge is 0.237 e. The molecule has 134 valence electrons. The third-order valence-corrected chi connectivity index (χ3v) is 5.88. The van der Waals surface area contributed by atoms with E-state index in [1.165, 1.54) is 16.1 Å². The SMILES string of the molecule is CCc1nc(CCNC(=O)[C@@H]2CCCN2Cc2ccccc2)sc1C. The van der Waals surface area contributed by atoms with Crippen LogP contribution < -0.4 is 5.32 Å². The third kappa shape index (κ3) is 4.67. The molecule has 1 aliphatic heterocycles. The van der Waals surface area contributed by atoms with E-state index in [1.54, 1.807) is 11.3 Å². The van der Waals surface area contributed by atoms with E-state index < -0.39 is 0 Å². The number of likely N-dealkylation sites (tertiary alicyclic amines) is 1. The standard InChI is InChI=1S/C20H27N3OS/c1-3-17-15(2)25-19(22-17)11-12-21-20(24)18-10-7-13-23(18)14-16-8-5-4-6-9-16/h4-6,8-9,18H,3,7,10-14H2,1-2H3,(H,21,24)/t18-/m0/s1. The van der Waals surface area contributed by atoms with Gasteiger partial charge in [0.25, 0.3) is 0 Å². The highest BCUT2D eigenvalue weighted by molar-refractivity contribution is 7.11. The van der Waals surface area contributed by atoms with Crippen molar-refractivity contribution in [3.63, 3.8) is 0 Å². The molecule has 0 saturated carbocycles. The highest BCUT2D eigenvalue weighted by Gasteiger charge is 2.30. The van der Waals surface area contributed by atoms with E-state index in [9.17, 15) is 4.79 Å². The van der Waals surface area contributed by atoms with Crippen molar-refractivity contribution in [3.05, 3.63) is 51.5 Å². The number of aryl methyl sites for hydroxylation is 2. The molecule has 3 rings (SSSR count). The van der Waals surface area contributed by atoms with Gasteiger partial charge in [0.2, 0.25) is 5.91 Å². The summed E-state index contributed by atoms with van der Waals surface area (Å²) in [5, 5.41) is 4.25. The highest BCUT2D eigenvalue weighted by atomic mass is 32.1. The van der Waals surface area contributed by atoms with Gasteiger partial charge in [0.05, 0.1) is 16.7 Å². The van der Waals surface area contributed by atoms with Crippen LogP contribution in [0, 0.1) is 6.92 Å². The van der Waals surface area contributed by atoms with E-state index in [-0.39, 0.29) is 11.9 Å². The summed E-state index contributed by atoms with van der Waals surface area (Å²) < 4.78 is 0. The van der Waals surface area contributed by atoms with Gasteiger partial charge < -0.3 is 5.32 Å². The van der Waals surface area contributed by atoms with Crippen LogP contribution in [0.2, 0.25) is 0 Å². The Balaban J connectivity index is 1.49. The average Bonchev–Trinajstić information content (AvgIpc) is 3.22. The lowest BCUT2D eigenvalue weighted by molar-refractivity contribution is -0.125. The van der Waals surface area contributed by atoms with Gasteiger partial charge in [-0.15, -0.1) is 11.3 Å². The minimum atomic E-state index is 0.00411. The van der Waals surface area contributed by atoms with Crippen molar-refractivity contribution in [2.24, 2.45) is 0 Å². The zero-order valence-corrected chi connectivity index (χ0v) is 15.9. The Labute approximate surface area is 154 Å². The third-order valence-electron chi connectivity index (χ3n) is 4.80. The number of carbonyl (C=O) groups is 1. The molecular formula is C20H27N3OS. The topological polar surface area (TPSA) is 45.2 Å². The molecule has 0 radical (unpaired) electrons. The molecule has 1 aliphatic rings. The van der Waals surface area contributed by atoms with Gasteiger partial charge in [0.1, 0.15) is 0 Å². The summed E-state index contributed by atoms with van der Waals surface area (Å²) in [5.74, 6) is 0.164. The Bertz CT molecular complexity index is 698. The number of nitrogens with zero attached hydrogens (tertiary/aromatic N) is 2. The molecule has 1 amide bonds. The van der Waals surface area contributed by atoms with Gasteiger partial charge in [-0.25, -0.2) is 4.98 Å². The molecule has 1 fully saturated rings. The second kappa shape index (κ2) is 8.59. The van der Waals surface area contributed by atoms with Crippen LogP contribution in [-0.2, 0) is 24.2 Å². The molecular weight excluding hydrogens is 330 g/mol. The van der Waals surface area contributed by atoms with Crippen LogP contribution in [-0.4, -0.2) is 34.9 Å².